The number of nitrogens with one attached hydrogen (secondary N) is 1. The largest absolute Gasteiger partial charge is 0.471 e. The van der Waals surface area contributed by atoms with Crippen LogP contribution in [0.4, 0.5) is 17.6 Å². The third-order valence-electron chi connectivity index (χ3n) is 3.97. The van der Waals surface area contributed by atoms with Crippen LogP contribution in [0.1, 0.15) is 16.1 Å². The Morgan fingerprint density at radius 3 is 2.73 bits per heavy atom. The number of fused-ring (bicyclic) bond motifs is 1. The van der Waals surface area contributed by atoms with Gasteiger partial charge in [-0.1, -0.05) is 6.07 Å². The maximum Gasteiger partial charge on any atom is 0.340 e. The molecule has 160 valence electrons. The lowest BCUT2D eigenvalue weighted by molar-refractivity contribution is -0.148. The zero-order chi connectivity index (χ0) is 21.7. The molecule has 2 N–H and O–H groups in total. The van der Waals surface area contributed by atoms with Crippen molar-refractivity contribution in [2.45, 2.75) is 18.9 Å². The Hall–Kier alpha value is -3.28. The molecule has 0 aliphatic rings. The standard InChI is InChI=1S/C18H17F4N5O3/c19-17(20)18(21,22)10-30-14-2-1-11(7-25-14)8-27-9-12-13(26-27)3-4-23-15(12)16(29)24-5-6-28/h1-4,7,9,17,28H,5-6,8,10H2,(H,24,29). The van der Waals surface area contributed by atoms with Gasteiger partial charge >= 0.3 is 12.3 Å². The number of aliphatic hydroxyl groups is 1. The minimum atomic E-state index is -4.26. The molecule has 30 heavy (non-hydrogen) atoms. The van der Waals surface area contributed by atoms with Crippen LogP contribution in [0, 0.1) is 0 Å². The number of nitrogens with zero attached hydrogens (tertiary/aromatic N) is 4. The van der Waals surface area contributed by atoms with Crippen LogP contribution in [0.3, 0.4) is 0 Å². The minimum Gasteiger partial charge on any atom is -0.471 e. The fourth-order valence-corrected chi connectivity index (χ4v) is 2.52. The van der Waals surface area contributed by atoms with Gasteiger partial charge in [-0.25, -0.2) is 13.8 Å². The van der Waals surface area contributed by atoms with Crippen LogP contribution in [-0.2, 0) is 6.54 Å². The summed E-state index contributed by atoms with van der Waals surface area (Å²) in [6, 6.07) is 4.45. The second-order valence-corrected chi connectivity index (χ2v) is 6.25. The van der Waals surface area contributed by atoms with E-state index >= 15 is 0 Å². The van der Waals surface area contributed by atoms with Gasteiger partial charge in [-0.2, -0.15) is 13.9 Å². The molecule has 12 heteroatoms. The first-order chi connectivity index (χ1) is 14.3. The number of hydrogen-bond donors (Lipinski definition) is 2. The van der Waals surface area contributed by atoms with Crippen LogP contribution in [-0.4, -0.2) is 62.9 Å². The molecular formula is C18H17F4N5O3. The van der Waals surface area contributed by atoms with Gasteiger partial charge in [0, 0.05) is 31.2 Å². The summed E-state index contributed by atoms with van der Waals surface area (Å²) in [7, 11) is 0. The van der Waals surface area contributed by atoms with Crippen molar-refractivity contribution in [3.8, 4) is 5.88 Å². The number of ether oxygens (including phenoxy) is 1. The summed E-state index contributed by atoms with van der Waals surface area (Å²) in [6.45, 7) is -1.34. The molecule has 0 radical (unpaired) electrons. The number of rotatable bonds is 9. The van der Waals surface area contributed by atoms with E-state index < -0.39 is 24.9 Å². The van der Waals surface area contributed by atoms with Gasteiger partial charge in [0.2, 0.25) is 5.88 Å². The van der Waals surface area contributed by atoms with Gasteiger partial charge in [0.25, 0.3) is 5.91 Å². The Bertz CT molecular complexity index is 1010. The topological polar surface area (TPSA) is 102 Å². The fourth-order valence-electron chi connectivity index (χ4n) is 2.52. The second-order valence-electron chi connectivity index (χ2n) is 6.25. The van der Waals surface area contributed by atoms with Gasteiger partial charge < -0.3 is 15.2 Å². The zero-order valence-corrected chi connectivity index (χ0v) is 15.4. The van der Waals surface area contributed by atoms with Gasteiger partial charge in [-0.15, -0.1) is 0 Å². The van der Waals surface area contributed by atoms with Crippen LogP contribution in [0.2, 0.25) is 0 Å². The molecule has 0 spiro atoms. The van der Waals surface area contributed by atoms with Gasteiger partial charge in [-0.05, 0) is 11.6 Å². The number of hydrogen-bond acceptors (Lipinski definition) is 6. The highest BCUT2D eigenvalue weighted by atomic mass is 19.3. The SMILES string of the molecule is O=C(NCCO)c1nccc2nn(Cc3ccc(OCC(F)(F)C(F)F)nc3)cc12. The van der Waals surface area contributed by atoms with Crippen molar-refractivity contribution in [2.75, 3.05) is 19.8 Å². The molecule has 3 aromatic heterocycles. The number of pyridine rings is 2. The molecule has 0 atom stereocenters. The molecule has 3 rings (SSSR count). The van der Waals surface area contributed by atoms with E-state index in [0.29, 0.717) is 16.5 Å². The normalized spacial score (nSPS) is 11.8. The lowest BCUT2D eigenvalue weighted by Gasteiger charge is -2.15. The van der Waals surface area contributed by atoms with Crippen LogP contribution in [0.5, 0.6) is 5.88 Å². The molecule has 8 nitrogen and oxygen atoms in total. The number of halogens is 4. The summed E-state index contributed by atoms with van der Waals surface area (Å²) in [5.41, 5.74) is 1.32. The number of alkyl halides is 4. The van der Waals surface area contributed by atoms with E-state index in [-0.39, 0.29) is 31.3 Å². The van der Waals surface area contributed by atoms with Crippen LogP contribution < -0.4 is 10.1 Å². The first-order valence-corrected chi connectivity index (χ1v) is 8.75. The van der Waals surface area contributed by atoms with Crippen molar-refractivity contribution in [2.24, 2.45) is 0 Å². The lowest BCUT2D eigenvalue weighted by atomic mass is 10.2. The molecule has 1 amide bonds. The average molecular weight is 427 g/mol. The van der Waals surface area contributed by atoms with Crippen LogP contribution >= 0.6 is 0 Å². The molecule has 0 unspecified atom stereocenters. The van der Waals surface area contributed by atoms with Gasteiger partial charge in [0.15, 0.2) is 6.61 Å². The average Bonchev–Trinajstić information content (AvgIpc) is 3.13. The first-order valence-electron chi connectivity index (χ1n) is 8.75. The van der Waals surface area contributed by atoms with Gasteiger partial charge in [0.05, 0.1) is 24.1 Å². The lowest BCUT2D eigenvalue weighted by Crippen LogP contribution is -2.33. The maximum absolute atomic E-state index is 12.9. The van der Waals surface area contributed by atoms with Crippen molar-refractivity contribution in [3.05, 3.63) is 48.0 Å². The summed E-state index contributed by atoms with van der Waals surface area (Å²) < 4.78 is 56.3. The molecule has 0 fully saturated rings. The molecule has 0 aromatic carbocycles. The van der Waals surface area contributed by atoms with E-state index in [2.05, 4.69) is 25.1 Å². The minimum absolute atomic E-state index is 0.0916. The second kappa shape index (κ2) is 9.03. The monoisotopic (exact) mass is 427 g/mol. The summed E-state index contributed by atoms with van der Waals surface area (Å²) in [4.78, 5) is 20.0. The summed E-state index contributed by atoms with van der Waals surface area (Å²) in [6.07, 6.45) is 0.575. The Balaban J connectivity index is 1.70. The Labute approximate surface area is 167 Å². The molecule has 0 aliphatic carbocycles. The Kier molecular flexibility index (Phi) is 6.45. The van der Waals surface area contributed by atoms with E-state index in [0.717, 1.165) is 0 Å². The number of aromatic nitrogens is 4. The number of amides is 1. The number of carbonyl (C=O) groups excluding carboxylic acids is 1. The first kappa shape index (κ1) is 21.4. The number of carbonyl (C=O) groups is 1. The molecule has 0 aliphatic heterocycles. The molecular weight excluding hydrogens is 410 g/mol. The Morgan fingerprint density at radius 2 is 2.07 bits per heavy atom. The zero-order valence-electron chi connectivity index (χ0n) is 15.4. The van der Waals surface area contributed by atoms with Crippen molar-refractivity contribution in [1.82, 2.24) is 25.1 Å². The predicted octanol–water partition coefficient (Wildman–Crippen LogP) is 1.88. The van der Waals surface area contributed by atoms with Gasteiger partial charge in [0.1, 0.15) is 5.69 Å². The molecule has 0 saturated carbocycles. The van der Waals surface area contributed by atoms with Crippen LogP contribution in [0.25, 0.3) is 10.9 Å². The van der Waals surface area contributed by atoms with E-state index in [1.54, 1.807) is 12.3 Å². The van der Waals surface area contributed by atoms with Crippen molar-refractivity contribution in [1.29, 1.82) is 0 Å². The predicted molar refractivity (Wildman–Crippen MR) is 96.7 cm³/mol. The van der Waals surface area contributed by atoms with E-state index in [9.17, 15) is 22.4 Å². The third-order valence-corrected chi connectivity index (χ3v) is 3.97. The highest BCUT2D eigenvalue weighted by molar-refractivity contribution is 6.04. The summed E-state index contributed by atoms with van der Waals surface area (Å²) >= 11 is 0. The van der Waals surface area contributed by atoms with E-state index in [4.69, 9.17) is 5.11 Å². The molecule has 3 aromatic rings. The van der Waals surface area contributed by atoms with Gasteiger partial charge in [-0.3, -0.25) is 14.5 Å². The highest BCUT2D eigenvalue weighted by Crippen LogP contribution is 2.24. The third kappa shape index (κ3) is 5.00. The summed E-state index contributed by atoms with van der Waals surface area (Å²) in [5, 5.41) is 16.2. The quantitative estimate of drug-likeness (QED) is 0.506. The fraction of sp³-hybridized carbons (Fsp3) is 0.333. The van der Waals surface area contributed by atoms with E-state index in [1.807, 2.05) is 0 Å². The van der Waals surface area contributed by atoms with Crippen LogP contribution in [0.15, 0.2) is 36.8 Å². The van der Waals surface area contributed by atoms with Crippen molar-refractivity contribution >= 4 is 16.8 Å². The molecule has 0 saturated heterocycles. The smallest absolute Gasteiger partial charge is 0.340 e. The summed E-state index contributed by atoms with van der Waals surface area (Å²) in [5.74, 6) is -4.92. The van der Waals surface area contributed by atoms with Crippen molar-refractivity contribution in [3.63, 3.8) is 0 Å². The highest BCUT2D eigenvalue weighted by Gasteiger charge is 2.41. The maximum atomic E-state index is 12.9. The van der Waals surface area contributed by atoms with Crippen molar-refractivity contribution < 1.29 is 32.2 Å². The Morgan fingerprint density at radius 1 is 1.27 bits per heavy atom. The van der Waals surface area contributed by atoms with E-state index in [1.165, 1.54) is 29.2 Å². The molecule has 0 bridgehead atoms. The number of aliphatic hydroxyl groups excluding tert-OH is 1. The molecule has 3 heterocycles.